The van der Waals surface area contributed by atoms with Crippen LogP contribution in [0.5, 0.6) is 0 Å². The van der Waals surface area contributed by atoms with Crippen LogP contribution in [0, 0.1) is 16.0 Å². The van der Waals surface area contributed by atoms with Gasteiger partial charge in [-0.3, -0.25) is 4.79 Å². The minimum atomic E-state index is -0.968. The van der Waals surface area contributed by atoms with E-state index in [0.29, 0.717) is 5.92 Å². The van der Waals surface area contributed by atoms with Gasteiger partial charge in [-0.2, -0.15) is 0 Å². The highest BCUT2D eigenvalue weighted by molar-refractivity contribution is 5.68. The van der Waals surface area contributed by atoms with Gasteiger partial charge in [-0.05, 0) is 38.8 Å². The Balaban J connectivity index is 0.000000437. The molecule has 0 saturated carbocycles. The number of aliphatic carboxylic acids is 1. The van der Waals surface area contributed by atoms with Crippen LogP contribution in [0.4, 0.5) is 0 Å². The van der Waals surface area contributed by atoms with Crippen LogP contribution in [0.3, 0.4) is 0 Å². The molecule has 4 N–H and O–H groups in total. The molecule has 0 aliphatic carbocycles. The fraction of sp³-hybridized carbons (Fsp3) is 0.889. The molecule has 0 aromatic rings. The lowest BCUT2D eigenvalue weighted by Gasteiger charge is -2.26. The summed E-state index contributed by atoms with van der Waals surface area (Å²) in [7, 11) is 0. The van der Waals surface area contributed by atoms with Crippen molar-refractivity contribution in [3.63, 3.8) is 0 Å². The van der Waals surface area contributed by atoms with E-state index in [1.807, 2.05) is 0 Å². The van der Waals surface area contributed by atoms with E-state index < -0.39 is 11.1 Å². The largest absolute Gasteiger partial charge is 0.480 e. The van der Waals surface area contributed by atoms with Crippen LogP contribution in [-0.2, 0) is 9.63 Å². The van der Waals surface area contributed by atoms with Gasteiger partial charge in [0.25, 0.3) is 5.09 Å². The third-order valence-corrected chi connectivity index (χ3v) is 2.47. The Morgan fingerprint density at radius 3 is 2.47 bits per heavy atom. The second kappa shape index (κ2) is 8.71. The smallest absolute Gasteiger partial charge is 0.317 e. The van der Waals surface area contributed by atoms with E-state index in [4.69, 9.17) is 5.11 Å². The molecule has 1 saturated heterocycles. The highest BCUT2D eigenvalue weighted by Gasteiger charge is 2.22. The lowest BCUT2D eigenvalue weighted by molar-refractivity contribution is -0.769. The van der Waals surface area contributed by atoms with Gasteiger partial charge in [0.2, 0.25) is 0 Å². The van der Waals surface area contributed by atoms with Crippen LogP contribution in [-0.4, -0.2) is 41.9 Å². The molecule has 17 heavy (non-hydrogen) atoms. The number of carboxylic acids is 1. The molecular weight excluding hydrogens is 230 g/mol. The fourth-order valence-electron chi connectivity index (χ4n) is 1.54. The molecule has 1 aliphatic rings. The van der Waals surface area contributed by atoms with E-state index in [1.165, 1.54) is 0 Å². The first-order valence-corrected chi connectivity index (χ1v) is 5.41. The Hall–Kier alpha value is -1.41. The van der Waals surface area contributed by atoms with Crippen LogP contribution in [0.15, 0.2) is 0 Å². The molecule has 100 valence electrons. The summed E-state index contributed by atoms with van der Waals surface area (Å²) in [5.41, 5.74) is 4.57. The van der Waals surface area contributed by atoms with Crippen molar-refractivity contribution in [1.29, 1.82) is 0 Å². The van der Waals surface area contributed by atoms with Gasteiger partial charge in [0.15, 0.2) is 0 Å². The van der Waals surface area contributed by atoms with Crippen molar-refractivity contribution in [3.8, 4) is 0 Å². The van der Waals surface area contributed by atoms with Gasteiger partial charge in [-0.1, -0.05) is 0 Å². The predicted octanol–water partition coefficient (Wildman–Crippen LogP) is -0.387. The highest BCUT2D eigenvalue weighted by atomic mass is 17.0. The Morgan fingerprint density at radius 2 is 2.12 bits per heavy atom. The van der Waals surface area contributed by atoms with Gasteiger partial charge in [0, 0.05) is 0 Å². The molecule has 1 heterocycles. The molecule has 1 aliphatic heterocycles. The second-order valence-electron chi connectivity index (χ2n) is 3.72. The number of rotatable bonds is 4. The minimum Gasteiger partial charge on any atom is -0.480 e. The van der Waals surface area contributed by atoms with E-state index >= 15 is 0 Å². The standard InChI is InChI=1S/C7H14N2O3.C2H5NO2/c1-6(12-9(10)11)7-2-4-8-5-3-7;3-1-2(4)5/h6-8H,2-5H2,1H3;1,3H2,(H,4,5). The molecule has 8 nitrogen and oxygen atoms in total. The Morgan fingerprint density at radius 1 is 1.65 bits per heavy atom. The number of carbonyl (C=O) groups is 1. The van der Waals surface area contributed by atoms with E-state index in [2.05, 4.69) is 15.9 Å². The van der Waals surface area contributed by atoms with Crippen molar-refractivity contribution in [2.24, 2.45) is 11.7 Å². The first-order chi connectivity index (χ1) is 7.97. The molecule has 8 heteroatoms. The topological polar surface area (TPSA) is 128 Å². The average molecular weight is 249 g/mol. The van der Waals surface area contributed by atoms with Crippen molar-refractivity contribution in [1.82, 2.24) is 5.32 Å². The summed E-state index contributed by atoms with van der Waals surface area (Å²) < 4.78 is 0. The zero-order valence-corrected chi connectivity index (χ0v) is 9.80. The van der Waals surface area contributed by atoms with E-state index in [-0.39, 0.29) is 12.6 Å². The summed E-state index contributed by atoms with van der Waals surface area (Å²) in [5, 5.41) is 20.1. The summed E-state index contributed by atoms with van der Waals surface area (Å²) in [6, 6.07) is 0. The van der Waals surface area contributed by atoms with Crippen LogP contribution in [0.2, 0.25) is 0 Å². The van der Waals surface area contributed by atoms with Gasteiger partial charge in [-0.15, -0.1) is 10.1 Å². The first-order valence-electron chi connectivity index (χ1n) is 5.41. The quantitative estimate of drug-likeness (QED) is 0.457. The molecule has 0 bridgehead atoms. The van der Waals surface area contributed by atoms with Crippen LogP contribution in [0.25, 0.3) is 0 Å². The van der Waals surface area contributed by atoms with Gasteiger partial charge in [0.1, 0.15) is 6.10 Å². The third-order valence-electron chi connectivity index (χ3n) is 2.47. The van der Waals surface area contributed by atoms with Crippen molar-refractivity contribution in [2.75, 3.05) is 19.6 Å². The van der Waals surface area contributed by atoms with Crippen molar-refractivity contribution >= 4 is 5.97 Å². The molecule has 0 amide bonds. The van der Waals surface area contributed by atoms with Crippen molar-refractivity contribution < 1.29 is 19.8 Å². The number of nitrogens with two attached hydrogens (primary N) is 1. The average Bonchev–Trinajstić information content (AvgIpc) is 2.30. The van der Waals surface area contributed by atoms with Gasteiger partial charge >= 0.3 is 5.97 Å². The molecule has 0 radical (unpaired) electrons. The lowest BCUT2D eigenvalue weighted by Crippen LogP contribution is -2.34. The van der Waals surface area contributed by atoms with Crippen molar-refractivity contribution in [2.45, 2.75) is 25.9 Å². The number of carboxylic acid groups (broad SMARTS) is 1. The van der Waals surface area contributed by atoms with E-state index in [0.717, 1.165) is 25.9 Å². The Kier molecular flexibility index (Phi) is 7.99. The number of hydrogen-bond donors (Lipinski definition) is 3. The molecule has 0 aromatic carbocycles. The molecule has 0 spiro atoms. The van der Waals surface area contributed by atoms with Gasteiger partial charge < -0.3 is 21.0 Å². The summed E-state index contributed by atoms with van der Waals surface area (Å²) in [6.45, 7) is 3.37. The molecule has 1 rings (SSSR count). The van der Waals surface area contributed by atoms with Gasteiger partial charge in [-0.25, -0.2) is 0 Å². The Labute approximate surface area is 99.2 Å². The summed E-state index contributed by atoms with van der Waals surface area (Å²) in [6.07, 6.45) is 1.67. The number of piperidine rings is 1. The molecule has 1 unspecified atom stereocenters. The van der Waals surface area contributed by atoms with Crippen LogP contribution < -0.4 is 11.1 Å². The Bertz CT molecular complexity index is 243. The minimum absolute atomic E-state index is 0.262. The zero-order valence-electron chi connectivity index (χ0n) is 9.80. The number of hydrogen-bond acceptors (Lipinski definition) is 6. The van der Waals surface area contributed by atoms with Gasteiger partial charge in [0.05, 0.1) is 6.54 Å². The first kappa shape index (κ1) is 15.6. The third kappa shape index (κ3) is 8.40. The van der Waals surface area contributed by atoms with Crippen molar-refractivity contribution in [3.05, 3.63) is 10.1 Å². The monoisotopic (exact) mass is 249 g/mol. The maximum atomic E-state index is 10.0. The molecule has 1 fully saturated rings. The number of nitrogens with one attached hydrogen (secondary N) is 1. The number of nitrogens with zero attached hydrogens (tertiary/aromatic N) is 1. The fourth-order valence-corrected chi connectivity index (χ4v) is 1.54. The molecule has 1 atom stereocenters. The zero-order chi connectivity index (χ0) is 13.3. The normalized spacial score (nSPS) is 17.5. The molecular formula is C9H19N3O5. The molecule has 0 aromatic heterocycles. The van der Waals surface area contributed by atoms with Crippen LogP contribution in [0.1, 0.15) is 19.8 Å². The summed E-state index contributed by atoms with van der Waals surface area (Å²) >= 11 is 0. The van der Waals surface area contributed by atoms with E-state index in [9.17, 15) is 14.9 Å². The lowest BCUT2D eigenvalue weighted by atomic mass is 9.93. The maximum Gasteiger partial charge on any atom is 0.317 e. The van der Waals surface area contributed by atoms with E-state index in [1.54, 1.807) is 6.92 Å². The second-order valence-corrected chi connectivity index (χ2v) is 3.72. The maximum absolute atomic E-state index is 10.0. The predicted molar refractivity (Wildman–Crippen MR) is 59.8 cm³/mol. The van der Waals surface area contributed by atoms with Crippen LogP contribution >= 0.6 is 0 Å². The summed E-state index contributed by atoms with van der Waals surface area (Å²) in [4.78, 5) is 23.7. The summed E-state index contributed by atoms with van der Waals surface area (Å²) in [5.74, 6) is -0.637. The highest BCUT2D eigenvalue weighted by Crippen LogP contribution is 2.18. The SMILES string of the molecule is CC(O[N+](=O)[O-])C1CCNCC1.NCC(=O)O.